The minimum atomic E-state index is -0.720. The standard InChI is InChI=1S/C28H48O7/c1-17(2)29-16-23-24(31-19(5)6)25(32-20(7)8)26(35-28(9,10)11)27(34-23)33-22-14-12-21(13-15-22)30-18(3)4/h12-15,17-20,23-27H,16H2,1-11H3/t23-,24-,25+,26-,27+/m1/s1. The lowest BCUT2D eigenvalue weighted by molar-refractivity contribution is -0.325. The van der Waals surface area contributed by atoms with E-state index in [-0.39, 0.29) is 30.5 Å². The van der Waals surface area contributed by atoms with Crippen LogP contribution < -0.4 is 9.47 Å². The van der Waals surface area contributed by atoms with E-state index < -0.39 is 30.2 Å². The summed E-state index contributed by atoms with van der Waals surface area (Å²) in [6.07, 6.45) is -2.35. The molecule has 7 heteroatoms. The maximum atomic E-state index is 6.52. The largest absolute Gasteiger partial charge is 0.491 e. The molecule has 0 amide bonds. The first-order valence-electron chi connectivity index (χ1n) is 12.9. The van der Waals surface area contributed by atoms with E-state index in [9.17, 15) is 0 Å². The molecule has 7 nitrogen and oxygen atoms in total. The van der Waals surface area contributed by atoms with Gasteiger partial charge in [-0.1, -0.05) is 0 Å². The van der Waals surface area contributed by atoms with Crippen LogP contribution >= 0.6 is 0 Å². The van der Waals surface area contributed by atoms with Crippen molar-refractivity contribution in [3.05, 3.63) is 24.3 Å². The molecular weight excluding hydrogens is 448 g/mol. The molecule has 5 atom stereocenters. The molecule has 1 aliphatic heterocycles. The fourth-order valence-electron chi connectivity index (χ4n) is 3.88. The van der Waals surface area contributed by atoms with E-state index in [2.05, 4.69) is 0 Å². The quantitative estimate of drug-likeness (QED) is 0.364. The average Bonchev–Trinajstić information content (AvgIpc) is 2.70. The molecule has 2 rings (SSSR count). The van der Waals surface area contributed by atoms with Crippen LogP contribution in [0.2, 0.25) is 0 Å². The van der Waals surface area contributed by atoms with E-state index >= 15 is 0 Å². The summed E-state index contributed by atoms with van der Waals surface area (Å²) in [6.45, 7) is 22.5. The van der Waals surface area contributed by atoms with E-state index in [1.54, 1.807) is 0 Å². The summed E-state index contributed by atoms with van der Waals surface area (Å²) in [5.41, 5.74) is -0.452. The van der Waals surface area contributed by atoms with Gasteiger partial charge in [0.2, 0.25) is 6.29 Å². The molecule has 0 bridgehead atoms. The van der Waals surface area contributed by atoms with Gasteiger partial charge in [0.25, 0.3) is 0 Å². The lowest BCUT2D eigenvalue weighted by Crippen LogP contribution is -2.64. The maximum absolute atomic E-state index is 6.52. The van der Waals surface area contributed by atoms with Crippen molar-refractivity contribution in [2.45, 2.75) is 137 Å². The van der Waals surface area contributed by atoms with Gasteiger partial charge in [-0.25, -0.2) is 0 Å². The fraction of sp³-hybridized carbons (Fsp3) is 0.786. The van der Waals surface area contributed by atoms with E-state index in [0.717, 1.165) is 5.75 Å². The zero-order chi connectivity index (χ0) is 26.3. The first-order chi connectivity index (χ1) is 16.2. The molecule has 0 aromatic heterocycles. The van der Waals surface area contributed by atoms with Gasteiger partial charge in [-0.05, 0) is 100 Å². The van der Waals surface area contributed by atoms with Gasteiger partial charge in [0.05, 0.1) is 36.6 Å². The maximum Gasteiger partial charge on any atom is 0.229 e. The molecule has 0 spiro atoms. The minimum Gasteiger partial charge on any atom is -0.491 e. The molecular formula is C28H48O7. The molecule has 0 N–H and O–H groups in total. The normalized spacial score (nSPS) is 25.6. The van der Waals surface area contributed by atoms with Crippen molar-refractivity contribution in [3.63, 3.8) is 0 Å². The van der Waals surface area contributed by atoms with Crippen molar-refractivity contribution in [3.8, 4) is 11.5 Å². The highest BCUT2D eigenvalue weighted by atomic mass is 16.7. The summed E-state index contributed by atoms with van der Waals surface area (Å²) < 4.78 is 43.9. The zero-order valence-electron chi connectivity index (χ0n) is 23.6. The van der Waals surface area contributed by atoms with Crippen LogP contribution in [-0.2, 0) is 23.7 Å². The SMILES string of the molecule is CC(C)OC[C@H]1O[C@H](Oc2ccc(OC(C)C)cc2)[C@H](OC(C)(C)C)[C@@H](OC(C)C)[C@@H]1OC(C)C. The Morgan fingerprint density at radius 1 is 0.714 bits per heavy atom. The van der Waals surface area contributed by atoms with Gasteiger partial charge >= 0.3 is 0 Å². The lowest BCUT2D eigenvalue weighted by atomic mass is 9.96. The van der Waals surface area contributed by atoms with Crippen LogP contribution in [0.4, 0.5) is 0 Å². The molecule has 0 aliphatic carbocycles. The first-order valence-corrected chi connectivity index (χ1v) is 12.9. The molecule has 0 saturated carbocycles. The highest BCUT2D eigenvalue weighted by molar-refractivity contribution is 5.31. The van der Waals surface area contributed by atoms with Gasteiger partial charge in [-0.3, -0.25) is 0 Å². The second kappa shape index (κ2) is 13.2. The van der Waals surface area contributed by atoms with E-state index in [0.29, 0.717) is 12.4 Å². The first kappa shape index (κ1) is 29.8. The Labute approximate surface area is 212 Å². The lowest BCUT2D eigenvalue weighted by Gasteiger charge is -2.48. The number of benzene rings is 1. The third-order valence-electron chi connectivity index (χ3n) is 4.98. The summed E-state index contributed by atoms with van der Waals surface area (Å²) >= 11 is 0. The van der Waals surface area contributed by atoms with Gasteiger partial charge in [0.15, 0.2) is 0 Å². The van der Waals surface area contributed by atoms with Gasteiger partial charge in [0, 0.05) is 0 Å². The van der Waals surface area contributed by atoms with Gasteiger partial charge in [-0.2, -0.15) is 0 Å². The third-order valence-corrected chi connectivity index (χ3v) is 4.98. The van der Waals surface area contributed by atoms with Crippen molar-refractivity contribution < 1.29 is 33.2 Å². The van der Waals surface area contributed by atoms with Crippen LogP contribution in [0, 0.1) is 0 Å². The number of hydrogen-bond donors (Lipinski definition) is 0. The van der Waals surface area contributed by atoms with Crippen LogP contribution in [0.3, 0.4) is 0 Å². The van der Waals surface area contributed by atoms with Gasteiger partial charge in [0.1, 0.15) is 35.9 Å². The molecule has 0 radical (unpaired) electrons. The monoisotopic (exact) mass is 496 g/mol. The molecule has 1 aromatic rings. The van der Waals surface area contributed by atoms with Crippen LogP contribution in [0.1, 0.15) is 76.2 Å². The fourth-order valence-corrected chi connectivity index (χ4v) is 3.88. The summed E-state index contributed by atoms with van der Waals surface area (Å²) in [4.78, 5) is 0. The summed E-state index contributed by atoms with van der Waals surface area (Å²) in [5.74, 6) is 1.44. The molecule has 1 heterocycles. The summed E-state index contributed by atoms with van der Waals surface area (Å²) in [5, 5.41) is 0. The van der Waals surface area contributed by atoms with E-state index in [1.165, 1.54) is 0 Å². The van der Waals surface area contributed by atoms with E-state index in [1.807, 2.05) is 100 Å². The average molecular weight is 497 g/mol. The smallest absolute Gasteiger partial charge is 0.229 e. The van der Waals surface area contributed by atoms with Gasteiger partial charge in [-0.15, -0.1) is 0 Å². The van der Waals surface area contributed by atoms with Crippen molar-refractivity contribution in [2.24, 2.45) is 0 Å². The van der Waals surface area contributed by atoms with Crippen molar-refractivity contribution in [1.29, 1.82) is 0 Å². The Hall–Kier alpha value is -1.38. The molecule has 202 valence electrons. The Bertz CT molecular complexity index is 724. The van der Waals surface area contributed by atoms with Gasteiger partial charge < -0.3 is 33.2 Å². The molecule has 1 aliphatic rings. The Kier molecular flexibility index (Phi) is 11.3. The Morgan fingerprint density at radius 3 is 1.74 bits per heavy atom. The van der Waals surface area contributed by atoms with Crippen LogP contribution in [0.25, 0.3) is 0 Å². The topological polar surface area (TPSA) is 64.6 Å². The predicted molar refractivity (Wildman–Crippen MR) is 137 cm³/mol. The third kappa shape index (κ3) is 10.3. The van der Waals surface area contributed by atoms with Crippen molar-refractivity contribution >= 4 is 0 Å². The molecule has 35 heavy (non-hydrogen) atoms. The summed E-state index contributed by atoms with van der Waals surface area (Å²) in [7, 11) is 0. The van der Waals surface area contributed by atoms with Crippen LogP contribution in [0.15, 0.2) is 24.3 Å². The second-order valence-corrected chi connectivity index (χ2v) is 11.2. The molecule has 1 fully saturated rings. The zero-order valence-corrected chi connectivity index (χ0v) is 23.6. The molecule has 1 aromatic carbocycles. The number of ether oxygens (including phenoxy) is 7. The molecule has 0 unspecified atom stereocenters. The summed E-state index contributed by atoms with van der Waals surface area (Å²) in [6, 6.07) is 7.54. The predicted octanol–water partition coefficient (Wildman–Crippen LogP) is 5.77. The molecule has 1 saturated heterocycles. The Balaban J connectivity index is 2.40. The Morgan fingerprint density at radius 2 is 1.26 bits per heavy atom. The van der Waals surface area contributed by atoms with Crippen LogP contribution in [0.5, 0.6) is 11.5 Å². The van der Waals surface area contributed by atoms with Crippen molar-refractivity contribution in [2.75, 3.05) is 6.61 Å². The number of rotatable bonds is 12. The highest BCUT2D eigenvalue weighted by Gasteiger charge is 2.51. The second-order valence-electron chi connectivity index (χ2n) is 11.2. The number of hydrogen-bond acceptors (Lipinski definition) is 7. The van der Waals surface area contributed by atoms with Crippen molar-refractivity contribution in [1.82, 2.24) is 0 Å². The van der Waals surface area contributed by atoms with Crippen LogP contribution in [-0.4, -0.2) is 67.3 Å². The highest BCUT2D eigenvalue weighted by Crippen LogP contribution is 2.34. The van der Waals surface area contributed by atoms with E-state index in [4.69, 9.17) is 33.2 Å². The minimum absolute atomic E-state index is 0.0235.